The molecule has 104 valence electrons. The Balaban J connectivity index is 2.02. The third-order valence-corrected chi connectivity index (χ3v) is 3.54. The lowest BCUT2D eigenvalue weighted by molar-refractivity contribution is 0.0671. The molecule has 0 saturated heterocycles. The summed E-state index contributed by atoms with van der Waals surface area (Å²) in [5.74, 6) is 0.588. The van der Waals surface area contributed by atoms with Gasteiger partial charge in [0.2, 0.25) is 0 Å². The monoisotopic (exact) mass is 263 g/mol. The molecule has 0 bridgehead atoms. The van der Waals surface area contributed by atoms with Crippen molar-refractivity contribution in [1.82, 2.24) is 4.90 Å². The van der Waals surface area contributed by atoms with Crippen LogP contribution in [0.15, 0.2) is 30.3 Å². The van der Waals surface area contributed by atoms with Crippen LogP contribution in [0.25, 0.3) is 0 Å². The van der Waals surface area contributed by atoms with Crippen LogP contribution in [0.2, 0.25) is 0 Å². The maximum absolute atomic E-state index is 12.1. The number of ether oxygens (including phenoxy) is 1. The van der Waals surface area contributed by atoms with Crippen molar-refractivity contribution in [2.24, 2.45) is 5.92 Å². The Kier molecular flexibility index (Phi) is 4.80. The van der Waals surface area contributed by atoms with E-state index < -0.39 is 0 Å². The van der Waals surface area contributed by atoms with Gasteiger partial charge in [-0.1, -0.05) is 30.3 Å². The summed E-state index contributed by atoms with van der Waals surface area (Å²) in [5, 5.41) is 8.75. The van der Waals surface area contributed by atoms with Crippen LogP contribution in [0.4, 0.5) is 4.79 Å². The normalized spacial score (nSPS) is 15.9. The minimum absolute atomic E-state index is 0.0571. The van der Waals surface area contributed by atoms with Crippen molar-refractivity contribution in [2.75, 3.05) is 13.2 Å². The average molecular weight is 263 g/mol. The number of carbonyl (C=O) groups is 1. The van der Waals surface area contributed by atoms with Crippen molar-refractivity contribution in [3.05, 3.63) is 35.9 Å². The number of hydrogen-bond acceptors (Lipinski definition) is 3. The van der Waals surface area contributed by atoms with Crippen LogP contribution < -0.4 is 0 Å². The van der Waals surface area contributed by atoms with Crippen molar-refractivity contribution >= 4 is 6.09 Å². The lowest BCUT2D eigenvalue weighted by Gasteiger charge is -2.28. The first-order chi connectivity index (χ1) is 9.22. The molecule has 1 atom stereocenters. The van der Waals surface area contributed by atoms with Crippen molar-refractivity contribution < 1.29 is 14.6 Å². The second-order valence-corrected chi connectivity index (χ2v) is 5.03. The minimum Gasteiger partial charge on any atom is -0.447 e. The zero-order valence-electron chi connectivity index (χ0n) is 11.3. The molecule has 4 heteroatoms. The van der Waals surface area contributed by atoms with E-state index in [9.17, 15) is 4.79 Å². The summed E-state index contributed by atoms with van der Waals surface area (Å²) in [7, 11) is 0. The van der Waals surface area contributed by atoms with Gasteiger partial charge in [-0.3, -0.25) is 0 Å². The summed E-state index contributed by atoms with van der Waals surface area (Å²) in [6.07, 6.45) is 2.02. The van der Waals surface area contributed by atoms with E-state index in [2.05, 4.69) is 6.92 Å². The lowest BCUT2D eigenvalue weighted by atomic mass is 10.1. The number of aliphatic hydroxyl groups is 1. The third-order valence-electron chi connectivity index (χ3n) is 3.54. The van der Waals surface area contributed by atoms with E-state index in [1.54, 1.807) is 4.90 Å². The van der Waals surface area contributed by atoms with Gasteiger partial charge < -0.3 is 14.7 Å². The van der Waals surface area contributed by atoms with Crippen molar-refractivity contribution in [3.63, 3.8) is 0 Å². The molecule has 0 heterocycles. The largest absolute Gasteiger partial charge is 0.447 e. The molecule has 1 aliphatic rings. The summed E-state index contributed by atoms with van der Waals surface area (Å²) in [6.45, 7) is 2.55. The van der Waals surface area contributed by atoms with Gasteiger partial charge in [0.05, 0.1) is 6.61 Å². The van der Waals surface area contributed by atoms with Crippen molar-refractivity contribution in [1.29, 1.82) is 0 Å². The molecule has 1 aromatic rings. The number of rotatable bonds is 6. The fourth-order valence-electron chi connectivity index (χ4n) is 2.20. The Morgan fingerprint density at radius 2 is 2.11 bits per heavy atom. The molecule has 1 fully saturated rings. The Labute approximate surface area is 114 Å². The van der Waals surface area contributed by atoms with Crippen LogP contribution in [0.1, 0.15) is 25.3 Å². The number of hydrogen-bond donors (Lipinski definition) is 1. The lowest BCUT2D eigenvalue weighted by Crippen LogP contribution is -2.40. The SMILES string of the molecule is CC(C1CC1)N(Cc1ccccc1)C(=O)OCCO. The molecule has 1 saturated carbocycles. The fourth-order valence-corrected chi connectivity index (χ4v) is 2.20. The molecule has 2 rings (SSSR count). The molecule has 1 aromatic carbocycles. The van der Waals surface area contributed by atoms with E-state index in [1.165, 1.54) is 12.8 Å². The summed E-state index contributed by atoms with van der Waals surface area (Å²) >= 11 is 0. The first kappa shape index (κ1) is 13.9. The Morgan fingerprint density at radius 3 is 2.68 bits per heavy atom. The third kappa shape index (κ3) is 3.96. The Hall–Kier alpha value is -1.55. The van der Waals surface area contributed by atoms with Gasteiger partial charge in [-0.15, -0.1) is 0 Å². The zero-order chi connectivity index (χ0) is 13.7. The first-order valence-electron chi connectivity index (χ1n) is 6.80. The van der Waals surface area contributed by atoms with Gasteiger partial charge in [0.15, 0.2) is 0 Å². The average Bonchev–Trinajstić information content (AvgIpc) is 3.27. The summed E-state index contributed by atoms with van der Waals surface area (Å²) in [5.41, 5.74) is 1.09. The van der Waals surface area contributed by atoms with E-state index in [0.717, 1.165) is 5.56 Å². The van der Waals surface area contributed by atoms with Crippen LogP contribution in [0, 0.1) is 5.92 Å². The summed E-state index contributed by atoms with van der Waals surface area (Å²) < 4.78 is 5.06. The molecule has 0 spiro atoms. The summed E-state index contributed by atoms with van der Waals surface area (Å²) in [4.78, 5) is 13.8. The van der Waals surface area contributed by atoms with E-state index >= 15 is 0 Å². The van der Waals surface area contributed by atoms with Gasteiger partial charge in [-0.2, -0.15) is 0 Å². The predicted molar refractivity (Wildman–Crippen MR) is 72.6 cm³/mol. The van der Waals surface area contributed by atoms with Crippen molar-refractivity contribution in [3.8, 4) is 0 Å². The molecular weight excluding hydrogens is 242 g/mol. The van der Waals surface area contributed by atoms with E-state index in [-0.39, 0.29) is 25.3 Å². The molecule has 1 aliphatic carbocycles. The highest BCUT2D eigenvalue weighted by Gasteiger charge is 2.34. The number of benzene rings is 1. The van der Waals surface area contributed by atoms with Gasteiger partial charge in [-0.05, 0) is 31.2 Å². The van der Waals surface area contributed by atoms with Gasteiger partial charge in [0.1, 0.15) is 6.61 Å². The molecule has 1 unspecified atom stereocenters. The molecule has 0 radical (unpaired) electrons. The van der Waals surface area contributed by atoms with Gasteiger partial charge in [0, 0.05) is 12.6 Å². The highest BCUT2D eigenvalue weighted by atomic mass is 16.6. The maximum Gasteiger partial charge on any atom is 0.410 e. The highest BCUT2D eigenvalue weighted by Crippen LogP contribution is 2.35. The topological polar surface area (TPSA) is 49.8 Å². The number of carbonyl (C=O) groups excluding carboxylic acids is 1. The zero-order valence-corrected chi connectivity index (χ0v) is 11.3. The molecule has 19 heavy (non-hydrogen) atoms. The molecule has 4 nitrogen and oxygen atoms in total. The predicted octanol–water partition coefficient (Wildman–Crippen LogP) is 2.42. The summed E-state index contributed by atoms with van der Waals surface area (Å²) in [6, 6.07) is 10.1. The number of aliphatic hydroxyl groups excluding tert-OH is 1. The van der Waals surface area contributed by atoms with Crippen LogP contribution in [-0.2, 0) is 11.3 Å². The smallest absolute Gasteiger partial charge is 0.410 e. The molecule has 0 aliphatic heterocycles. The van der Waals surface area contributed by atoms with Gasteiger partial charge in [-0.25, -0.2) is 4.79 Å². The number of nitrogens with zero attached hydrogens (tertiary/aromatic N) is 1. The van der Waals surface area contributed by atoms with E-state index in [0.29, 0.717) is 12.5 Å². The minimum atomic E-state index is -0.336. The van der Waals surface area contributed by atoms with Gasteiger partial charge in [0.25, 0.3) is 0 Å². The highest BCUT2D eigenvalue weighted by molar-refractivity contribution is 5.68. The van der Waals surface area contributed by atoms with Crippen LogP contribution >= 0.6 is 0 Å². The molecule has 0 aromatic heterocycles. The van der Waals surface area contributed by atoms with Crippen molar-refractivity contribution in [2.45, 2.75) is 32.4 Å². The van der Waals surface area contributed by atoms with Crippen LogP contribution in [0.3, 0.4) is 0 Å². The van der Waals surface area contributed by atoms with Gasteiger partial charge >= 0.3 is 6.09 Å². The molecule has 1 amide bonds. The Bertz CT molecular complexity index is 403. The first-order valence-corrected chi connectivity index (χ1v) is 6.80. The number of amides is 1. The van der Waals surface area contributed by atoms with E-state index in [4.69, 9.17) is 9.84 Å². The van der Waals surface area contributed by atoms with Crippen LogP contribution in [-0.4, -0.2) is 35.4 Å². The maximum atomic E-state index is 12.1. The standard InChI is InChI=1S/C15H21NO3/c1-12(14-7-8-14)16(15(18)19-10-9-17)11-13-5-3-2-4-6-13/h2-6,12,14,17H,7-11H2,1H3. The molecule has 1 N–H and O–H groups in total. The quantitative estimate of drug-likeness (QED) is 0.857. The van der Waals surface area contributed by atoms with Crippen LogP contribution in [0.5, 0.6) is 0 Å². The second-order valence-electron chi connectivity index (χ2n) is 5.03. The molecular formula is C15H21NO3. The Morgan fingerprint density at radius 1 is 1.42 bits per heavy atom. The second kappa shape index (κ2) is 6.57. The fraction of sp³-hybridized carbons (Fsp3) is 0.533. The van der Waals surface area contributed by atoms with E-state index in [1.807, 2.05) is 30.3 Å².